The molecular weight excluding hydrogens is 340 g/mol. The number of esters is 1. The van der Waals surface area contributed by atoms with E-state index in [0.717, 1.165) is 4.88 Å². The molecular formula is C16H15F2NO4S. The van der Waals surface area contributed by atoms with Crippen LogP contribution in [0, 0.1) is 0 Å². The molecule has 1 atom stereocenters. The summed E-state index contributed by atoms with van der Waals surface area (Å²) in [6, 6.07) is 8.61. The number of hydrogen-bond donors (Lipinski definition) is 1. The SMILES string of the molecule is C[C@H](NC(=O)COC(=O)c1ccc(OC(F)F)cc1)c1cccs1. The fourth-order valence-electron chi connectivity index (χ4n) is 1.88. The molecule has 128 valence electrons. The van der Waals surface area contributed by atoms with Gasteiger partial charge in [-0.05, 0) is 42.6 Å². The first-order valence-electron chi connectivity index (χ1n) is 7.00. The van der Waals surface area contributed by atoms with Crippen molar-refractivity contribution in [3.05, 3.63) is 52.2 Å². The number of benzene rings is 1. The Morgan fingerprint density at radius 2 is 1.92 bits per heavy atom. The Bertz CT molecular complexity index is 674. The molecule has 1 aromatic carbocycles. The minimum Gasteiger partial charge on any atom is -0.452 e. The molecule has 1 aromatic heterocycles. The van der Waals surface area contributed by atoms with Crippen LogP contribution in [0.5, 0.6) is 5.75 Å². The van der Waals surface area contributed by atoms with E-state index < -0.39 is 25.1 Å². The molecule has 0 saturated carbocycles. The summed E-state index contributed by atoms with van der Waals surface area (Å²) >= 11 is 1.51. The van der Waals surface area contributed by atoms with Crippen LogP contribution >= 0.6 is 11.3 Å². The number of carbonyl (C=O) groups is 2. The maximum Gasteiger partial charge on any atom is 0.387 e. The molecule has 0 aliphatic rings. The first-order valence-corrected chi connectivity index (χ1v) is 7.88. The van der Waals surface area contributed by atoms with Crippen molar-refractivity contribution in [3.63, 3.8) is 0 Å². The Hall–Kier alpha value is -2.48. The summed E-state index contributed by atoms with van der Waals surface area (Å²) in [7, 11) is 0. The van der Waals surface area contributed by atoms with Gasteiger partial charge in [0.25, 0.3) is 5.91 Å². The van der Waals surface area contributed by atoms with Crippen LogP contribution < -0.4 is 10.1 Å². The zero-order valence-corrected chi connectivity index (χ0v) is 13.5. The van der Waals surface area contributed by atoms with E-state index in [0.29, 0.717) is 0 Å². The lowest BCUT2D eigenvalue weighted by Gasteiger charge is -2.12. The average Bonchev–Trinajstić information content (AvgIpc) is 3.07. The molecule has 1 heterocycles. The lowest BCUT2D eigenvalue weighted by atomic mass is 10.2. The van der Waals surface area contributed by atoms with E-state index in [1.54, 1.807) is 0 Å². The normalized spacial score (nSPS) is 11.8. The molecule has 0 aliphatic carbocycles. The minimum absolute atomic E-state index is 0.0657. The third kappa shape index (κ3) is 5.31. The lowest BCUT2D eigenvalue weighted by Crippen LogP contribution is -2.30. The summed E-state index contributed by atoms with van der Waals surface area (Å²) in [5.74, 6) is -1.22. The van der Waals surface area contributed by atoms with Crippen molar-refractivity contribution in [3.8, 4) is 5.75 Å². The van der Waals surface area contributed by atoms with E-state index in [2.05, 4.69) is 10.1 Å². The predicted octanol–water partition coefficient (Wildman–Crippen LogP) is 3.38. The van der Waals surface area contributed by atoms with Gasteiger partial charge in [0.15, 0.2) is 6.61 Å². The fraction of sp³-hybridized carbons (Fsp3) is 0.250. The molecule has 0 radical (unpaired) electrons. The average molecular weight is 355 g/mol. The molecule has 0 fully saturated rings. The first kappa shape index (κ1) is 17.9. The summed E-state index contributed by atoms with van der Waals surface area (Å²) in [5.41, 5.74) is 0.135. The van der Waals surface area contributed by atoms with E-state index in [1.165, 1.54) is 35.6 Å². The van der Waals surface area contributed by atoms with Crippen LogP contribution in [0.4, 0.5) is 8.78 Å². The summed E-state index contributed by atoms with van der Waals surface area (Å²) in [6.45, 7) is -1.53. The van der Waals surface area contributed by atoms with Crippen LogP contribution in [-0.4, -0.2) is 25.1 Å². The standard InChI is InChI=1S/C16H15F2NO4S/c1-10(13-3-2-8-24-13)19-14(20)9-22-15(21)11-4-6-12(7-5-11)23-16(17)18/h2-8,10,16H,9H2,1H3,(H,19,20)/t10-/m0/s1. The maximum atomic E-state index is 12.0. The zero-order valence-electron chi connectivity index (χ0n) is 12.7. The van der Waals surface area contributed by atoms with Crippen LogP contribution in [0.25, 0.3) is 0 Å². The zero-order chi connectivity index (χ0) is 17.5. The molecule has 2 rings (SSSR count). The topological polar surface area (TPSA) is 64.6 Å². The van der Waals surface area contributed by atoms with Crippen LogP contribution in [0.2, 0.25) is 0 Å². The highest BCUT2D eigenvalue weighted by atomic mass is 32.1. The smallest absolute Gasteiger partial charge is 0.387 e. The van der Waals surface area contributed by atoms with Gasteiger partial charge in [-0.1, -0.05) is 6.07 Å². The van der Waals surface area contributed by atoms with Crippen molar-refractivity contribution in [2.45, 2.75) is 19.6 Å². The molecule has 0 spiro atoms. The maximum absolute atomic E-state index is 12.0. The number of thiophene rings is 1. The van der Waals surface area contributed by atoms with Crippen LogP contribution in [-0.2, 0) is 9.53 Å². The molecule has 0 aliphatic heterocycles. The molecule has 24 heavy (non-hydrogen) atoms. The van der Waals surface area contributed by atoms with Crippen molar-refractivity contribution in [1.82, 2.24) is 5.32 Å². The summed E-state index contributed by atoms with van der Waals surface area (Å²) in [6.07, 6.45) is 0. The van der Waals surface area contributed by atoms with Gasteiger partial charge in [-0.15, -0.1) is 11.3 Å². The number of ether oxygens (including phenoxy) is 2. The number of halogens is 2. The Morgan fingerprint density at radius 3 is 2.50 bits per heavy atom. The van der Waals surface area contributed by atoms with Gasteiger partial charge in [-0.3, -0.25) is 4.79 Å². The predicted molar refractivity (Wildman–Crippen MR) is 84.2 cm³/mol. The van der Waals surface area contributed by atoms with Crippen molar-refractivity contribution in [1.29, 1.82) is 0 Å². The second-order valence-corrected chi connectivity index (χ2v) is 5.76. The number of hydrogen-bond acceptors (Lipinski definition) is 5. The minimum atomic E-state index is -2.93. The molecule has 1 N–H and O–H groups in total. The third-order valence-corrected chi connectivity index (χ3v) is 4.05. The number of rotatable bonds is 7. The Labute approximate surface area is 141 Å². The molecule has 0 unspecified atom stereocenters. The molecule has 0 bridgehead atoms. The van der Waals surface area contributed by atoms with Gasteiger partial charge >= 0.3 is 12.6 Å². The van der Waals surface area contributed by atoms with Crippen LogP contribution in [0.15, 0.2) is 41.8 Å². The Kier molecular flexibility index (Phi) is 6.25. The molecule has 0 saturated heterocycles. The van der Waals surface area contributed by atoms with Crippen molar-refractivity contribution >= 4 is 23.2 Å². The van der Waals surface area contributed by atoms with E-state index in [4.69, 9.17) is 4.74 Å². The van der Waals surface area contributed by atoms with Crippen LogP contribution in [0.1, 0.15) is 28.2 Å². The molecule has 8 heteroatoms. The molecule has 2 aromatic rings. The van der Waals surface area contributed by atoms with Gasteiger partial charge in [-0.25, -0.2) is 4.79 Å². The Balaban J connectivity index is 1.80. The Morgan fingerprint density at radius 1 is 1.21 bits per heavy atom. The second-order valence-electron chi connectivity index (χ2n) is 4.78. The molecule has 1 amide bonds. The van der Waals surface area contributed by atoms with Gasteiger partial charge in [0, 0.05) is 4.88 Å². The lowest BCUT2D eigenvalue weighted by molar-refractivity contribution is -0.124. The van der Waals surface area contributed by atoms with Gasteiger partial charge in [0.1, 0.15) is 5.75 Å². The monoisotopic (exact) mass is 355 g/mol. The summed E-state index contributed by atoms with van der Waals surface area (Å²) in [5, 5.41) is 4.61. The van der Waals surface area contributed by atoms with E-state index in [-0.39, 0.29) is 17.4 Å². The largest absolute Gasteiger partial charge is 0.452 e. The highest BCUT2D eigenvalue weighted by Gasteiger charge is 2.14. The van der Waals surface area contributed by atoms with E-state index >= 15 is 0 Å². The van der Waals surface area contributed by atoms with E-state index in [1.807, 2.05) is 24.4 Å². The van der Waals surface area contributed by atoms with Gasteiger partial charge in [-0.2, -0.15) is 8.78 Å². The fourth-order valence-corrected chi connectivity index (χ4v) is 2.61. The van der Waals surface area contributed by atoms with Crippen molar-refractivity contribution in [2.24, 2.45) is 0 Å². The van der Waals surface area contributed by atoms with Crippen molar-refractivity contribution < 1.29 is 27.8 Å². The second kappa shape index (κ2) is 8.39. The summed E-state index contributed by atoms with van der Waals surface area (Å²) < 4.78 is 33.1. The first-order chi connectivity index (χ1) is 11.5. The van der Waals surface area contributed by atoms with E-state index in [9.17, 15) is 18.4 Å². The van der Waals surface area contributed by atoms with Gasteiger partial charge in [0.2, 0.25) is 0 Å². The number of carbonyl (C=O) groups excluding carboxylic acids is 2. The highest BCUT2D eigenvalue weighted by Crippen LogP contribution is 2.18. The van der Waals surface area contributed by atoms with Crippen molar-refractivity contribution in [2.75, 3.05) is 6.61 Å². The quantitative estimate of drug-likeness (QED) is 0.774. The van der Waals surface area contributed by atoms with Gasteiger partial charge in [0.05, 0.1) is 11.6 Å². The number of nitrogens with one attached hydrogen (secondary N) is 1. The third-order valence-electron chi connectivity index (χ3n) is 3.00. The molecule has 5 nitrogen and oxygen atoms in total. The number of amides is 1. The highest BCUT2D eigenvalue weighted by molar-refractivity contribution is 7.10. The summed E-state index contributed by atoms with van der Waals surface area (Å²) in [4.78, 5) is 24.6. The van der Waals surface area contributed by atoms with Crippen LogP contribution in [0.3, 0.4) is 0 Å². The van der Waals surface area contributed by atoms with Gasteiger partial charge < -0.3 is 14.8 Å². The number of alkyl halides is 2.